The number of ether oxygens (including phenoxy) is 6. The van der Waals surface area contributed by atoms with Gasteiger partial charge in [-0.3, -0.25) is 38.4 Å². The molecule has 0 saturated carbocycles. The number of carbonyl (C=O) groups is 8. The van der Waals surface area contributed by atoms with Gasteiger partial charge >= 0.3 is 35.8 Å². The Bertz CT molecular complexity index is 884. The normalized spacial score (nSPS) is 10.6. The molecule has 14 nitrogen and oxygen atoms in total. The third-order valence-electron chi connectivity index (χ3n) is 5.55. The van der Waals surface area contributed by atoms with Crippen molar-refractivity contribution in [1.82, 2.24) is 0 Å². The average Bonchev–Trinajstić information content (AvgIpc) is 2.89. The van der Waals surface area contributed by atoms with Gasteiger partial charge in [-0.05, 0) is 48.0 Å². The largest absolute Gasteiger partial charge is 0.469 e. The first kappa shape index (κ1) is 38.3. The van der Waals surface area contributed by atoms with Gasteiger partial charge in [-0.1, -0.05) is 0 Å². The van der Waals surface area contributed by atoms with E-state index in [1.54, 1.807) is 27.7 Å². The summed E-state index contributed by atoms with van der Waals surface area (Å²) in [7, 11) is 2.24. The maximum Gasteiger partial charge on any atom is 0.331 e. The van der Waals surface area contributed by atoms with E-state index in [4.69, 9.17) is 18.9 Å². The highest BCUT2D eigenvalue weighted by Gasteiger charge is 2.53. The van der Waals surface area contributed by atoms with Crippen LogP contribution in [0.15, 0.2) is 0 Å². The lowest BCUT2D eigenvalue weighted by atomic mass is 9.77. The van der Waals surface area contributed by atoms with Crippen LogP contribution in [0.3, 0.4) is 0 Å². The molecule has 0 saturated heterocycles. The minimum Gasteiger partial charge on any atom is -0.469 e. The van der Waals surface area contributed by atoms with Gasteiger partial charge in [-0.15, -0.1) is 0 Å². The topological polar surface area (TPSA) is 192 Å². The molecule has 0 aliphatic carbocycles. The minimum atomic E-state index is -2.11. The molecule has 0 bridgehead atoms. The van der Waals surface area contributed by atoms with Gasteiger partial charge in [-0.2, -0.15) is 0 Å². The highest BCUT2D eigenvalue weighted by atomic mass is 16.6. The van der Waals surface area contributed by atoms with Crippen molar-refractivity contribution in [1.29, 1.82) is 0 Å². The molecule has 0 aromatic heterocycles. The molecule has 0 rings (SSSR count). The van der Waals surface area contributed by atoms with Crippen LogP contribution in [-0.4, -0.2) is 88.0 Å². The summed E-state index contributed by atoms with van der Waals surface area (Å²) in [5.74, 6) is -6.47. The number of ketones is 2. The van der Waals surface area contributed by atoms with Crippen LogP contribution in [0, 0.1) is 10.8 Å². The van der Waals surface area contributed by atoms with Crippen LogP contribution < -0.4 is 0 Å². The summed E-state index contributed by atoms with van der Waals surface area (Å²) in [6, 6.07) is 0. The van der Waals surface area contributed by atoms with E-state index in [0.717, 1.165) is 28.1 Å². The van der Waals surface area contributed by atoms with Gasteiger partial charge in [0.1, 0.15) is 11.2 Å². The second kappa shape index (κ2) is 19.3. The molecule has 0 aromatic carbocycles. The Morgan fingerprint density at radius 3 is 1.20 bits per heavy atom. The lowest BCUT2D eigenvalue weighted by Crippen LogP contribution is -2.48. The predicted molar refractivity (Wildman–Crippen MR) is 135 cm³/mol. The third kappa shape index (κ3) is 11.1. The number of carbonyl (C=O) groups excluding carboxylic acids is 8. The quantitative estimate of drug-likeness (QED) is 0.145. The van der Waals surface area contributed by atoms with Crippen molar-refractivity contribution in [3.05, 3.63) is 0 Å². The molecule has 228 valence electrons. The summed E-state index contributed by atoms with van der Waals surface area (Å²) in [6.45, 7) is 8.71. The number of hydrogen-bond acceptors (Lipinski definition) is 14. The second-order valence-corrected chi connectivity index (χ2v) is 8.07. The zero-order valence-electron chi connectivity index (χ0n) is 24.4. The summed E-state index contributed by atoms with van der Waals surface area (Å²) in [5.41, 5.74) is -4.00. The van der Waals surface area contributed by atoms with Gasteiger partial charge < -0.3 is 28.4 Å². The molecular formula is C26H40O14. The standard InChI is InChI=1S/C14H22O7.C12H18O7/c1-5-19-11(16)8-9-14(10(4)15,12(17)20-6-2)13(18)21-7-3;1-5-19-11(16)12(8(2)13,6-9(14)17-3)7-10(15)18-4/h5-9H2,1-4H3;5-7H2,1-4H3. The highest BCUT2D eigenvalue weighted by Crippen LogP contribution is 2.32. The Kier molecular flexibility index (Phi) is 18.4. The second-order valence-electron chi connectivity index (χ2n) is 8.07. The van der Waals surface area contributed by atoms with Crippen LogP contribution in [0.5, 0.6) is 0 Å². The maximum atomic E-state index is 12.1. The minimum absolute atomic E-state index is 0.00662. The van der Waals surface area contributed by atoms with E-state index >= 15 is 0 Å². The first-order valence-electron chi connectivity index (χ1n) is 12.5. The fraction of sp³-hybridized carbons (Fsp3) is 0.692. The van der Waals surface area contributed by atoms with E-state index in [1.807, 2.05) is 0 Å². The summed E-state index contributed by atoms with van der Waals surface area (Å²) < 4.78 is 28.1. The third-order valence-corrected chi connectivity index (χ3v) is 5.55. The van der Waals surface area contributed by atoms with E-state index in [1.165, 1.54) is 0 Å². The lowest BCUT2D eigenvalue weighted by molar-refractivity contribution is -0.175. The summed E-state index contributed by atoms with van der Waals surface area (Å²) in [4.78, 5) is 94.0. The first-order valence-corrected chi connectivity index (χ1v) is 12.5. The number of rotatable bonds is 16. The molecule has 0 fully saturated rings. The van der Waals surface area contributed by atoms with Crippen molar-refractivity contribution in [3.8, 4) is 0 Å². The molecule has 0 heterocycles. The smallest absolute Gasteiger partial charge is 0.331 e. The van der Waals surface area contributed by atoms with Crippen molar-refractivity contribution in [3.63, 3.8) is 0 Å². The van der Waals surface area contributed by atoms with Crippen LogP contribution in [0.1, 0.15) is 67.2 Å². The van der Waals surface area contributed by atoms with Gasteiger partial charge in [0.25, 0.3) is 0 Å². The maximum absolute atomic E-state index is 12.1. The zero-order chi connectivity index (χ0) is 31.5. The Hall–Kier alpha value is -3.84. The lowest BCUT2D eigenvalue weighted by Gasteiger charge is -2.26. The Morgan fingerprint density at radius 1 is 0.525 bits per heavy atom. The SMILES string of the molecule is CCOC(=O)C(CC(=O)OC)(CC(=O)OC)C(C)=O.CCOC(=O)CCC(C(C)=O)(C(=O)OCC)C(=O)OCC. The van der Waals surface area contributed by atoms with Gasteiger partial charge in [-0.25, -0.2) is 0 Å². The number of hydrogen-bond donors (Lipinski definition) is 0. The van der Waals surface area contributed by atoms with E-state index < -0.39 is 71.1 Å². The molecule has 40 heavy (non-hydrogen) atoms. The van der Waals surface area contributed by atoms with Crippen molar-refractivity contribution in [2.24, 2.45) is 10.8 Å². The molecule has 0 radical (unpaired) electrons. The van der Waals surface area contributed by atoms with Crippen molar-refractivity contribution >= 4 is 47.4 Å². The van der Waals surface area contributed by atoms with Crippen LogP contribution in [0.4, 0.5) is 0 Å². The number of methoxy groups -OCH3 is 2. The molecular weight excluding hydrogens is 536 g/mol. The van der Waals surface area contributed by atoms with E-state index in [-0.39, 0.29) is 39.3 Å². The molecule has 0 aliphatic heterocycles. The van der Waals surface area contributed by atoms with Gasteiger partial charge in [0.15, 0.2) is 5.78 Å². The van der Waals surface area contributed by atoms with Crippen LogP contribution >= 0.6 is 0 Å². The van der Waals surface area contributed by atoms with Crippen molar-refractivity contribution in [2.45, 2.75) is 67.2 Å². The molecule has 14 heteroatoms. The molecule has 0 N–H and O–H groups in total. The van der Waals surface area contributed by atoms with Crippen LogP contribution in [-0.2, 0) is 66.8 Å². The fourth-order valence-electron chi connectivity index (χ4n) is 3.29. The first-order chi connectivity index (χ1) is 18.7. The average molecular weight is 577 g/mol. The fourth-order valence-corrected chi connectivity index (χ4v) is 3.29. The monoisotopic (exact) mass is 576 g/mol. The number of esters is 6. The Balaban J connectivity index is 0. The summed E-state index contributed by atoms with van der Waals surface area (Å²) in [5, 5.41) is 0. The molecule has 0 spiro atoms. The molecule has 0 amide bonds. The van der Waals surface area contributed by atoms with Crippen molar-refractivity contribution in [2.75, 3.05) is 40.6 Å². The van der Waals surface area contributed by atoms with Gasteiger partial charge in [0, 0.05) is 6.42 Å². The summed E-state index contributed by atoms with van der Waals surface area (Å²) >= 11 is 0. The molecule has 0 unspecified atom stereocenters. The van der Waals surface area contributed by atoms with Crippen molar-refractivity contribution < 1.29 is 66.8 Å². The highest BCUT2D eigenvalue weighted by molar-refractivity contribution is 6.19. The number of Topliss-reactive ketones (excluding diaryl/α,β-unsaturated/α-hetero) is 2. The van der Waals surface area contributed by atoms with Crippen LogP contribution in [0.2, 0.25) is 0 Å². The van der Waals surface area contributed by atoms with Crippen LogP contribution in [0.25, 0.3) is 0 Å². The van der Waals surface area contributed by atoms with Gasteiger partial charge in [0.2, 0.25) is 5.41 Å². The molecule has 0 atom stereocenters. The van der Waals surface area contributed by atoms with E-state index in [9.17, 15) is 38.4 Å². The predicted octanol–water partition coefficient (Wildman–Crippen LogP) is 1.28. The van der Waals surface area contributed by atoms with Gasteiger partial charge in [0.05, 0.1) is 53.5 Å². The zero-order valence-corrected chi connectivity index (χ0v) is 24.4. The Morgan fingerprint density at radius 2 is 0.900 bits per heavy atom. The molecule has 0 aliphatic rings. The Labute approximate surface area is 233 Å². The molecule has 0 aromatic rings. The van der Waals surface area contributed by atoms with E-state index in [0.29, 0.717) is 0 Å². The van der Waals surface area contributed by atoms with E-state index in [2.05, 4.69) is 9.47 Å². The summed E-state index contributed by atoms with van der Waals surface area (Å²) in [6.07, 6.45) is -1.72.